The van der Waals surface area contributed by atoms with Gasteiger partial charge in [0.05, 0.1) is 32.5 Å². The van der Waals surface area contributed by atoms with Gasteiger partial charge in [0.1, 0.15) is 0 Å². The minimum absolute atomic E-state index is 0.189. The molecule has 0 amide bonds. The Labute approximate surface area is 125 Å². The Morgan fingerprint density at radius 1 is 1.10 bits per heavy atom. The lowest BCUT2D eigenvalue weighted by Gasteiger charge is -2.40. The quantitative estimate of drug-likeness (QED) is 0.696. The molecule has 8 heteroatoms. The highest BCUT2D eigenvalue weighted by atomic mass is 31.2. The molecule has 0 N–H and O–H groups in total. The van der Waals surface area contributed by atoms with E-state index in [0.717, 1.165) is 0 Å². The first-order valence-electron chi connectivity index (χ1n) is 7.30. The molecular weight excluding hydrogens is 297 g/mol. The molecule has 1 saturated heterocycles. The van der Waals surface area contributed by atoms with E-state index in [9.17, 15) is 9.83 Å². The van der Waals surface area contributed by atoms with E-state index in [1.165, 1.54) is 0 Å². The van der Waals surface area contributed by atoms with Gasteiger partial charge in [-0.25, -0.2) is 4.57 Å². The lowest BCUT2D eigenvalue weighted by molar-refractivity contribution is -0.194. The molecule has 2 rings (SSSR count). The molecule has 0 unspecified atom stereocenters. The van der Waals surface area contributed by atoms with Crippen molar-refractivity contribution in [1.29, 1.82) is 5.26 Å². The Morgan fingerprint density at radius 3 is 2.05 bits per heavy atom. The summed E-state index contributed by atoms with van der Waals surface area (Å²) in [6, 6.07) is 2.13. The van der Waals surface area contributed by atoms with E-state index in [1.807, 2.05) is 0 Å². The van der Waals surface area contributed by atoms with Crippen molar-refractivity contribution in [3.05, 3.63) is 0 Å². The molecule has 0 radical (unpaired) electrons. The predicted octanol–water partition coefficient (Wildman–Crippen LogP) is 2.76. The molecule has 0 aromatic carbocycles. The van der Waals surface area contributed by atoms with Gasteiger partial charge in [0.25, 0.3) is 0 Å². The average molecular weight is 319 g/mol. The predicted molar refractivity (Wildman–Crippen MR) is 73.4 cm³/mol. The van der Waals surface area contributed by atoms with Crippen LogP contribution in [0.5, 0.6) is 0 Å². The van der Waals surface area contributed by atoms with Crippen molar-refractivity contribution in [2.24, 2.45) is 0 Å². The van der Waals surface area contributed by atoms with Gasteiger partial charge in [0, 0.05) is 12.8 Å². The molecule has 0 atom stereocenters. The molecule has 1 aliphatic carbocycles. The van der Waals surface area contributed by atoms with Crippen LogP contribution in [-0.2, 0) is 27.6 Å². The molecule has 2 fully saturated rings. The summed E-state index contributed by atoms with van der Waals surface area (Å²) < 4.78 is 39.5. The normalized spacial score (nSPS) is 24.0. The molecular formula is C13H22NO6P. The largest absolute Gasteiger partial charge is 0.476 e. The van der Waals surface area contributed by atoms with Crippen LogP contribution in [0.3, 0.4) is 0 Å². The lowest BCUT2D eigenvalue weighted by Crippen LogP contribution is -2.44. The van der Waals surface area contributed by atoms with Gasteiger partial charge in [0.2, 0.25) is 0 Å². The van der Waals surface area contributed by atoms with Crippen LogP contribution in [0.15, 0.2) is 0 Å². The smallest absolute Gasteiger partial charge is 0.348 e. The van der Waals surface area contributed by atoms with Crippen molar-refractivity contribution in [1.82, 2.24) is 0 Å². The fourth-order valence-electron chi connectivity index (χ4n) is 2.66. The van der Waals surface area contributed by atoms with Crippen LogP contribution in [0, 0.1) is 11.3 Å². The maximum Gasteiger partial charge on any atom is 0.476 e. The van der Waals surface area contributed by atoms with E-state index >= 15 is 0 Å². The van der Waals surface area contributed by atoms with Crippen LogP contribution in [-0.4, -0.2) is 37.8 Å². The summed E-state index contributed by atoms with van der Waals surface area (Å²) in [5.74, 6) is -0.606. The van der Waals surface area contributed by atoms with Crippen LogP contribution in [0.4, 0.5) is 0 Å². The number of ether oxygens (including phenoxy) is 2. The van der Waals surface area contributed by atoms with Crippen molar-refractivity contribution < 1.29 is 27.6 Å². The molecule has 1 heterocycles. The van der Waals surface area contributed by atoms with E-state index in [1.54, 1.807) is 13.8 Å². The summed E-state index contributed by atoms with van der Waals surface area (Å²) in [6.45, 7) is 4.91. The lowest BCUT2D eigenvalue weighted by atomic mass is 9.82. The first-order valence-corrected chi connectivity index (χ1v) is 8.76. The molecule has 1 saturated carbocycles. The molecule has 0 aromatic rings. The monoisotopic (exact) mass is 319 g/mol. The molecule has 0 aromatic heterocycles. The number of hydrogen-bond acceptors (Lipinski definition) is 7. The van der Waals surface area contributed by atoms with E-state index in [4.69, 9.17) is 23.0 Å². The molecule has 1 aliphatic heterocycles. The zero-order valence-electron chi connectivity index (χ0n) is 12.5. The van der Waals surface area contributed by atoms with Gasteiger partial charge in [-0.1, -0.05) is 0 Å². The molecule has 120 valence electrons. The number of hydrogen-bond donors (Lipinski definition) is 0. The highest BCUT2D eigenvalue weighted by molar-refractivity contribution is 7.48. The molecule has 21 heavy (non-hydrogen) atoms. The van der Waals surface area contributed by atoms with Crippen molar-refractivity contribution in [3.63, 3.8) is 0 Å². The van der Waals surface area contributed by atoms with E-state index < -0.39 is 19.2 Å². The minimum atomic E-state index is -3.72. The Kier molecular flexibility index (Phi) is 5.42. The molecule has 0 bridgehead atoms. The summed E-state index contributed by atoms with van der Waals surface area (Å²) in [6.07, 6.45) is 1.79. The Bertz CT molecular complexity index is 422. The summed E-state index contributed by atoms with van der Waals surface area (Å²) in [5, 5.41) is 9.48. The second kappa shape index (κ2) is 6.74. The van der Waals surface area contributed by atoms with Crippen LogP contribution in [0.1, 0.15) is 39.5 Å². The van der Waals surface area contributed by atoms with Crippen molar-refractivity contribution in [3.8, 4) is 6.07 Å². The molecule has 7 nitrogen and oxygen atoms in total. The molecule has 2 aliphatic rings. The number of nitrogens with zero attached hydrogens (tertiary/aromatic N) is 1. The molecule has 1 spiro atoms. The first-order chi connectivity index (χ1) is 10.0. The van der Waals surface area contributed by atoms with Crippen molar-refractivity contribution in [2.75, 3.05) is 26.4 Å². The number of nitriles is 1. The van der Waals surface area contributed by atoms with Crippen molar-refractivity contribution >= 4 is 7.82 Å². The van der Waals surface area contributed by atoms with E-state index in [-0.39, 0.29) is 13.2 Å². The van der Waals surface area contributed by atoms with Crippen LogP contribution in [0.2, 0.25) is 0 Å². The highest BCUT2D eigenvalue weighted by Gasteiger charge is 2.50. The average Bonchev–Trinajstić information content (AvgIpc) is 2.91. The second-order valence-electron chi connectivity index (χ2n) is 5.09. The van der Waals surface area contributed by atoms with Gasteiger partial charge in [0.15, 0.2) is 11.4 Å². The van der Waals surface area contributed by atoms with Gasteiger partial charge < -0.3 is 9.47 Å². The summed E-state index contributed by atoms with van der Waals surface area (Å²) in [5.41, 5.74) is -1.18. The number of rotatable bonds is 6. The van der Waals surface area contributed by atoms with Crippen LogP contribution < -0.4 is 0 Å². The van der Waals surface area contributed by atoms with E-state index in [2.05, 4.69) is 6.07 Å². The number of phosphoric ester groups is 1. The van der Waals surface area contributed by atoms with Gasteiger partial charge >= 0.3 is 7.82 Å². The number of phosphoric acid groups is 1. The third-order valence-electron chi connectivity index (χ3n) is 3.70. The minimum Gasteiger partial charge on any atom is -0.348 e. The maximum absolute atomic E-state index is 12.5. The third-order valence-corrected chi connectivity index (χ3v) is 5.42. The van der Waals surface area contributed by atoms with Crippen molar-refractivity contribution in [2.45, 2.75) is 50.9 Å². The first kappa shape index (κ1) is 16.9. The standard InChI is InChI=1S/C13H22NO6P/c1-3-18-21(15,19-4-2)20-12(11-14)5-7-13(8-6-12)16-9-10-17-13/h3-10H2,1-2H3. The van der Waals surface area contributed by atoms with Gasteiger partial charge in [-0.2, -0.15) is 5.26 Å². The van der Waals surface area contributed by atoms with Crippen LogP contribution >= 0.6 is 7.82 Å². The van der Waals surface area contributed by atoms with E-state index in [0.29, 0.717) is 38.9 Å². The zero-order chi connectivity index (χ0) is 15.4. The summed E-state index contributed by atoms with van der Waals surface area (Å²) in [4.78, 5) is 0. The Balaban J connectivity index is 2.05. The maximum atomic E-state index is 12.5. The van der Waals surface area contributed by atoms with Gasteiger partial charge in [-0.3, -0.25) is 13.6 Å². The van der Waals surface area contributed by atoms with Gasteiger partial charge in [-0.15, -0.1) is 0 Å². The second-order valence-corrected chi connectivity index (χ2v) is 6.68. The highest BCUT2D eigenvalue weighted by Crippen LogP contribution is 2.56. The summed E-state index contributed by atoms with van der Waals surface area (Å²) in [7, 11) is -3.72. The fourth-order valence-corrected chi connectivity index (χ4v) is 4.13. The zero-order valence-corrected chi connectivity index (χ0v) is 13.4. The third kappa shape index (κ3) is 3.84. The SMILES string of the molecule is CCOP(=O)(OCC)OC1(C#N)CCC2(CC1)OCCO2. The summed E-state index contributed by atoms with van der Waals surface area (Å²) >= 11 is 0. The Hall–Kier alpha value is -0.480. The van der Waals surface area contributed by atoms with Gasteiger partial charge in [-0.05, 0) is 26.7 Å². The fraction of sp³-hybridized carbons (Fsp3) is 0.923. The van der Waals surface area contributed by atoms with Crippen LogP contribution in [0.25, 0.3) is 0 Å². The Morgan fingerprint density at radius 2 is 1.62 bits per heavy atom. The topological polar surface area (TPSA) is 87.0 Å².